The third kappa shape index (κ3) is 6.15. The van der Waals surface area contributed by atoms with Crippen LogP contribution in [0.15, 0.2) is 52.3 Å². The van der Waals surface area contributed by atoms with Crippen molar-refractivity contribution in [1.29, 1.82) is 0 Å². The van der Waals surface area contributed by atoms with Gasteiger partial charge in [0, 0.05) is 11.6 Å². The second-order valence-electron chi connectivity index (χ2n) is 6.04. The van der Waals surface area contributed by atoms with Crippen LogP contribution < -0.4 is 19.9 Å². The Morgan fingerprint density at radius 3 is 2.31 bits per heavy atom. The average molecular weight is 462 g/mol. The molecule has 0 fully saturated rings. The van der Waals surface area contributed by atoms with Crippen molar-refractivity contribution in [2.45, 2.75) is 29.3 Å². The van der Waals surface area contributed by atoms with Crippen molar-refractivity contribution >= 4 is 37.6 Å². The number of rotatable bonds is 8. The van der Waals surface area contributed by atoms with E-state index < -0.39 is 32.0 Å². The number of hydrogen-bond acceptors (Lipinski definition) is 6. The Hall–Kier alpha value is -2.18. The minimum atomic E-state index is -4.08. The van der Waals surface area contributed by atoms with Gasteiger partial charge >= 0.3 is 0 Å². The van der Waals surface area contributed by atoms with Gasteiger partial charge in [0.15, 0.2) is 0 Å². The van der Waals surface area contributed by atoms with Crippen LogP contribution >= 0.6 is 11.6 Å². The fourth-order valence-corrected chi connectivity index (χ4v) is 4.50. The summed E-state index contributed by atoms with van der Waals surface area (Å²) in [4.78, 5) is 12.0. The van der Waals surface area contributed by atoms with E-state index in [1.54, 1.807) is 0 Å². The van der Waals surface area contributed by atoms with Crippen molar-refractivity contribution < 1.29 is 26.4 Å². The van der Waals surface area contributed by atoms with Gasteiger partial charge in [0.25, 0.3) is 0 Å². The first-order valence-corrected chi connectivity index (χ1v) is 11.6. The maximum absolute atomic E-state index is 12.6. The molecule has 0 bridgehead atoms. The highest BCUT2D eigenvalue weighted by Crippen LogP contribution is 2.27. The zero-order valence-electron chi connectivity index (χ0n) is 15.5. The molecule has 0 radical (unpaired) electrons. The maximum atomic E-state index is 12.6. The Kier molecular flexibility index (Phi) is 7.25. The fourth-order valence-electron chi connectivity index (χ4n) is 2.35. The molecule has 4 N–H and O–H groups in total. The molecule has 1 atom stereocenters. The molecule has 1 unspecified atom stereocenters. The first-order chi connectivity index (χ1) is 13.4. The average Bonchev–Trinajstić information content (AvgIpc) is 2.65. The van der Waals surface area contributed by atoms with Gasteiger partial charge in [-0.1, -0.05) is 23.7 Å². The van der Waals surface area contributed by atoms with Gasteiger partial charge in [0.2, 0.25) is 26.0 Å². The molecule has 0 saturated heterocycles. The number of halogens is 1. The summed E-state index contributed by atoms with van der Waals surface area (Å²) in [6.45, 7) is 1.45. The van der Waals surface area contributed by atoms with E-state index in [9.17, 15) is 21.6 Å². The number of ether oxygens (including phenoxy) is 1. The summed E-state index contributed by atoms with van der Waals surface area (Å²) in [5.41, 5.74) is 0.609. The number of carbonyl (C=O) groups excluding carboxylic acids is 1. The van der Waals surface area contributed by atoms with E-state index in [1.165, 1.54) is 56.5 Å². The number of methoxy groups -OCH3 is 1. The van der Waals surface area contributed by atoms with Crippen molar-refractivity contribution in [3.63, 3.8) is 0 Å². The van der Waals surface area contributed by atoms with Crippen LogP contribution in [-0.4, -0.2) is 35.9 Å². The number of nitrogens with two attached hydrogens (primary N) is 1. The predicted octanol–water partition coefficient (Wildman–Crippen LogP) is 0.979. The number of primary sulfonamides is 1. The number of sulfonamides is 2. The zero-order valence-corrected chi connectivity index (χ0v) is 17.9. The number of nitrogens with one attached hydrogen (secondary N) is 2. The van der Waals surface area contributed by atoms with Gasteiger partial charge in [-0.3, -0.25) is 4.79 Å². The van der Waals surface area contributed by atoms with Gasteiger partial charge in [-0.25, -0.2) is 22.0 Å². The lowest BCUT2D eigenvalue weighted by molar-refractivity contribution is -0.122. The Bertz CT molecular complexity index is 1100. The van der Waals surface area contributed by atoms with E-state index in [4.69, 9.17) is 21.5 Å². The molecule has 2 rings (SSSR count). The van der Waals surface area contributed by atoms with Crippen LogP contribution in [0.1, 0.15) is 12.5 Å². The monoisotopic (exact) mass is 461 g/mol. The summed E-state index contributed by atoms with van der Waals surface area (Å²) in [5, 5.41) is 7.79. The van der Waals surface area contributed by atoms with Gasteiger partial charge in [-0.05, 0) is 42.8 Å². The second-order valence-corrected chi connectivity index (χ2v) is 9.73. The molecule has 29 heavy (non-hydrogen) atoms. The van der Waals surface area contributed by atoms with Crippen molar-refractivity contribution in [2.75, 3.05) is 7.11 Å². The Labute approximate surface area is 174 Å². The zero-order chi connectivity index (χ0) is 21.8. The van der Waals surface area contributed by atoms with Crippen LogP contribution in [0.2, 0.25) is 5.02 Å². The van der Waals surface area contributed by atoms with Crippen molar-refractivity contribution in [2.24, 2.45) is 5.14 Å². The highest BCUT2D eigenvalue weighted by molar-refractivity contribution is 7.89. The largest absolute Gasteiger partial charge is 0.495 e. The Morgan fingerprint density at radius 2 is 1.76 bits per heavy atom. The molecule has 2 aromatic carbocycles. The molecule has 0 saturated carbocycles. The normalized spacial score (nSPS) is 13.0. The van der Waals surface area contributed by atoms with Crippen LogP contribution in [0.25, 0.3) is 0 Å². The van der Waals surface area contributed by atoms with Crippen LogP contribution in [0.4, 0.5) is 0 Å². The third-order valence-electron chi connectivity index (χ3n) is 3.86. The van der Waals surface area contributed by atoms with Gasteiger partial charge < -0.3 is 10.1 Å². The molecule has 1 amide bonds. The molecule has 158 valence electrons. The molecule has 0 aromatic heterocycles. The minimum Gasteiger partial charge on any atom is -0.495 e. The molecule has 0 aliphatic carbocycles. The summed E-state index contributed by atoms with van der Waals surface area (Å²) in [7, 11) is -6.56. The molecule has 2 aromatic rings. The lowest BCUT2D eigenvalue weighted by atomic mass is 10.2. The number of benzene rings is 2. The van der Waals surface area contributed by atoms with Gasteiger partial charge in [-0.15, -0.1) is 0 Å². The highest BCUT2D eigenvalue weighted by atomic mass is 35.5. The predicted molar refractivity (Wildman–Crippen MR) is 107 cm³/mol. The number of carbonyl (C=O) groups is 1. The number of amides is 1. The van der Waals surface area contributed by atoms with Crippen LogP contribution in [-0.2, 0) is 31.4 Å². The quantitative estimate of drug-likeness (QED) is 0.534. The van der Waals surface area contributed by atoms with E-state index in [0.717, 1.165) is 0 Å². The standard InChI is InChI=1S/C17H20ClN3O6S2/c1-11(21-29(25,26)16-9-13(18)5-8-15(16)27-2)17(22)20-10-12-3-6-14(7-4-12)28(19,23)24/h3-9,11,21H,10H2,1-2H3,(H,20,22)(H2,19,23,24). The van der Waals surface area contributed by atoms with Crippen LogP contribution in [0.3, 0.4) is 0 Å². The van der Waals surface area contributed by atoms with Crippen molar-refractivity contribution in [3.8, 4) is 5.75 Å². The molecule has 0 heterocycles. The van der Waals surface area contributed by atoms with E-state index in [-0.39, 0.29) is 27.1 Å². The SMILES string of the molecule is COc1ccc(Cl)cc1S(=O)(=O)NC(C)C(=O)NCc1ccc(S(N)(=O)=O)cc1. The van der Waals surface area contributed by atoms with Gasteiger partial charge in [0.1, 0.15) is 10.6 Å². The summed E-state index contributed by atoms with van der Waals surface area (Å²) < 4.78 is 55.0. The van der Waals surface area contributed by atoms with E-state index in [1.807, 2.05) is 0 Å². The van der Waals surface area contributed by atoms with Crippen LogP contribution in [0, 0.1) is 0 Å². The molecule has 0 aliphatic rings. The smallest absolute Gasteiger partial charge is 0.245 e. The second kappa shape index (κ2) is 9.09. The molecule has 0 spiro atoms. The molecular formula is C17H20ClN3O6S2. The van der Waals surface area contributed by atoms with Gasteiger partial charge in [0.05, 0.1) is 18.0 Å². The molecule has 12 heteroatoms. The fraction of sp³-hybridized carbons (Fsp3) is 0.235. The van der Waals surface area contributed by atoms with Crippen molar-refractivity contribution in [3.05, 3.63) is 53.1 Å². The Morgan fingerprint density at radius 1 is 1.14 bits per heavy atom. The van der Waals surface area contributed by atoms with E-state index in [2.05, 4.69) is 10.0 Å². The van der Waals surface area contributed by atoms with Crippen molar-refractivity contribution in [1.82, 2.24) is 10.0 Å². The summed E-state index contributed by atoms with van der Waals surface area (Å²) >= 11 is 5.86. The Balaban J connectivity index is 2.04. The van der Waals surface area contributed by atoms with E-state index >= 15 is 0 Å². The third-order valence-corrected chi connectivity index (χ3v) is 6.59. The summed E-state index contributed by atoms with van der Waals surface area (Å²) in [6.07, 6.45) is 0. The lowest BCUT2D eigenvalue weighted by Gasteiger charge is -2.16. The molecule has 0 aliphatic heterocycles. The maximum Gasteiger partial charge on any atom is 0.245 e. The number of hydrogen-bond donors (Lipinski definition) is 3. The van der Waals surface area contributed by atoms with Gasteiger partial charge in [-0.2, -0.15) is 4.72 Å². The highest BCUT2D eigenvalue weighted by Gasteiger charge is 2.25. The first kappa shape index (κ1) is 23.1. The summed E-state index contributed by atoms with van der Waals surface area (Å²) in [5.74, 6) is -0.491. The summed E-state index contributed by atoms with van der Waals surface area (Å²) in [6, 6.07) is 8.64. The van der Waals surface area contributed by atoms with Crippen LogP contribution in [0.5, 0.6) is 5.75 Å². The van der Waals surface area contributed by atoms with E-state index in [0.29, 0.717) is 5.56 Å². The minimum absolute atomic E-state index is 0.0517. The lowest BCUT2D eigenvalue weighted by Crippen LogP contribution is -2.44. The first-order valence-electron chi connectivity index (χ1n) is 8.19. The molecule has 9 nitrogen and oxygen atoms in total. The topological polar surface area (TPSA) is 145 Å². The molecular weight excluding hydrogens is 442 g/mol.